The predicted molar refractivity (Wildman–Crippen MR) is 90.5 cm³/mol. The van der Waals surface area contributed by atoms with Gasteiger partial charge in [0.05, 0.1) is 18.9 Å². The molecule has 2 aromatic heterocycles. The van der Waals surface area contributed by atoms with Crippen LogP contribution < -0.4 is 10.1 Å². The zero-order valence-electron chi connectivity index (χ0n) is 12.4. The topological polar surface area (TPSA) is 64.4 Å². The number of nitrogens with zero attached hydrogens (tertiary/aromatic N) is 1. The van der Waals surface area contributed by atoms with Gasteiger partial charge >= 0.3 is 0 Å². The van der Waals surface area contributed by atoms with Crippen molar-refractivity contribution in [2.24, 2.45) is 0 Å². The smallest absolute Gasteiger partial charge is 0.248 e. The van der Waals surface area contributed by atoms with Gasteiger partial charge in [0.1, 0.15) is 5.75 Å². The summed E-state index contributed by atoms with van der Waals surface area (Å²) < 4.78 is 10.6. The quantitative estimate of drug-likeness (QED) is 0.718. The summed E-state index contributed by atoms with van der Waals surface area (Å²) in [6, 6.07) is 9.24. The summed E-state index contributed by atoms with van der Waals surface area (Å²) >= 11 is 1.57. The Morgan fingerprint density at radius 2 is 2.30 bits per heavy atom. The standard InChI is InChI=1S/C17H14N2O3S/c1-21-15-9-12(4-6-14(15)16-10-18-11-22-16)19-17(20)7-5-13-3-2-8-23-13/h2-11H,1H3,(H,19,20)/b7-5+. The zero-order valence-corrected chi connectivity index (χ0v) is 13.2. The monoisotopic (exact) mass is 326 g/mol. The lowest BCUT2D eigenvalue weighted by atomic mass is 10.1. The third-order valence-electron chi connectivity index (χ3n) is 3.11. The number of carbonyl (C=O) groups excluding carboxylic acids is 1. The summed E-state index contributed by atoms with van der Waals surface area (Å²) in [5, 5.41) is 4.77. The molecule has 116 valence electrons. The van der Waals surface area contributed by atoms with E-state index >= 15 is 0 Å². The lowest BCUT2D eigenvalue weighted by molar-refractivity contribution is -0.111. The van der Waals surface area contributed by atoms with E-state index in [0.29, 0.717) is 17.2 Å². The lowest BCUT2D eigenvalue weighted by Crippen LogP contribution is -2.07. The van der Waals surface area contributed by atoms with Crippen molar-refractivity contribution in [2.45, 2.75) is 0 Å². The second-order valence-electron chi connectivity index (χ2n) is 4.62. The van der Waals surface area contributed by atoms with E-state index in [2.05, 4.69) is 10.3 Å². The second kappa shape index (κ2) is 6.93. The average molecular weight is 326 g/mol. The van der Waals surface area contributed by atoms with Crippen molar-refractivity contribution in [3.8, 4) is 17.1 Å². The number of hydrogen-bond acceptors (Lipinski definition) is 5. The molecule has 3 rings (SSSR count). The van der Waals surface area contributed by atoms with Gasteiger partial charge in [-0.05, 0) is 29.7 Å². The Hall–Kier alpha value is -2.86. The fourth-order valence-corrected chi connectivity index (χ4v) is 2.67. The molecule has 0 fully saturated rings. The largest absolute Gasteiger partial charge is 0.496 e. The Morgan fingerprint density at radius 1 is 1.39 bits per heavy atom. The summed E-state index contributed by atoms with van der Waals surface area (Å²) in [4.78, 5) is 16.9. The molecule has 0 aliphatic rings. The zero-order chi connectivity index (χ0) is 16.1. The molecular weight excluding hydrogens is 312 g/mol. The number of oxazole rings is 1. The highest BCUT2D eigenvalue weighted by Gasteiger charge is 2.10. The first kappa shape index (κ1) is 15.1. The molecule has 1 aromatic carbocycles. The summed E-state index contributed by atoms with van der Waals surface area (Å²) in [5.74, 6) is 1.01. The number of carbonyl (C=O) groups is 1. The minimum absolute atomic E-state index is 0.201. The van der Waals surface area contributed by atoms with Crippen LogP contribution in [-0.2, 0) is 4.79 Å². The fraction of sp³-hybridized carbons (Fsp3) is 0.0588. The number of hydrogen-bond donors (Lipinski definition) is 1. The third kappa shape index (κ3) is 3.67. The van der Waals surface area contributed by atoms with Crippen LogP contribution in [0.1, 0.15) is 4.88 Å². The van der Waals surface area contributed by atoms with E-state index in [1.165, 1.54) is 12.5 Å². The van der Waals surface area contributed by atoms with Gasteiger partial charge in [0, 0.05) is 22.7 Å². The van der Waals surface area contributed by atoms with Crippen molar-refractivity contribution in [1.29, 1.82) is 0 Å². The van der Waals surface area contributed by atoms with Crippen LogP contribution in [0.5, 0.6) is 5.75 Å². The number of anilines is 1. The van der Waals surface area contributed by atoms with E-state index in [-0.39, 0.29) is 5.91 Å². The van der Waals surface area contributed by atoms with Crippen LogP contribution in [0.2, 0.25) is 0 Å². The van der Waals surface area contributed by atoms with Crippen LogP contribution in [0.4, 0.5) is 5.69 Å². The van der Waals surface area contributed by atoms with Gasteiger partial charge in [0.25, 0.3) is 0 Å². The van der Waals surface area contributed by atoms with Gasteiger partial charge in [0.2, 0.25) is 5.91 Å². The molecule has 3 aromatic rings. The fourth-order valence-electron chi connectivity index (χ4n) is 2.05. The van der Waals surface area contributed by atoms with Crippen LogP contribution in [0, 0.1) is 0 Å². The van der Waals surface area contributed by atoms with Crippen molar-refractivity contribution in [2.75, 3.05) is 12.4 Å². The van der Waals surface area contributed by atoms with Crippen LogP contribution >= 0.6 is 11.3 Å². The molecule has 1 amide bonds. The lowest BCUT2D eigenvalue weighted by Gasteiger charge is -2.09. The number of methoxy groups -OCH3 is 1. The molecule has 23 heavy (non-hydrogen) atoms. The van der Waals surface area contributed by atoms with Gasteiger partial charge in [-0.2, -0.15) is 0 Å². The maximum atomic E-state index is 12.0. The molecule has 6 heteroatoms. The number of ether oxygens (including phenoxy) is 1. The van der Waals surface area contributed by atoms with Crippen LogP contribution in [0.15, 0.2) is 58.8 Å². The van der Waals surface area contributed by atoms with Gasteiger partial charge in [-0.15, -0.1) is 11.3 Å². The maximum absolute atomic E-state index is 12.0. The Balaban J connectivity index is 1.74. The molecule has 0 atom stereocenters. The Bertz CT molecular complexity index is 808. The molecule has 5 nitrogen and oxygen atoms in total. The van der Waals surface area contributed by atoms with Gasteiger partial charge in [-0.3, -0.25) is 4.79 Å². The highest BCUT2D eigenvalue weighted by atomic mass is 32.1. The number of rotatable bonds is 5. The maximum Gasteiger partial charge on any atom is 0.248 e. The molecule has 0 bridgehead atoms. The van der Waals surface area contributed by atoms with E-state index < -0.39 is 0 Å². The number of aromatic nitrogens is 1. The summed E-state index contributed by atoms with van der Waals surface area (Å²) in [7, 11) is 1.57. The van der Waals surface area contributed by atoms with Crippen molar-refractivity contribution in [1.82, 2.24) is 4.98 Å². The Morgan fingerprint density at radius 3 is 3.00 bits per heavy atom. The molecule has 0 aliphatic heterocycles. The van der Waals surface area contributed by atoms with E-state index in [1.807, 2.05) is 23.6 Å². The molecule has 0 radical (unpaired) electrons. The summed E-state index contributed by atoms with van der Waals surface area (Å²) in [6.45, 7) is 0. The van der Waals surface area contributed by atoms with Gasteiger partial charge in [-0.25, -0.2) is 4.98 Å². The van der Waals surface area contributed by atoms with Crippen LogP contribution in [0.25, 0.3) is 17.4 Å². The summed E-state index contributed by atoms with van der Waals surface area (Å²) in [6.07, 6.45) is 6.25. The Labute approximate surface area is 137 Å². The number of thiophene rings is 1. The highest BCUT2D eigenvalue weighted by molar-refractivity contribution is 7.10. The molecule has 2 heterocycles. The van der Waals surface area contributed by atoms with Crippen LogP contribution in [0.3, 0.4) is 0 Å². The van der Waals surface area contributed by atoms with Crippen molar-refractivity contribution < 1.29 is 13.9 Å². The molecule has 0 spiro atoms. The van der Waals surface area contributed by atoms with Gasteiger partial charge in [0.15, 0.2) is 12.2 Å². The van der Waals surface area contributed by atoms with E-state index in [9.17, 15) is 4.79 Å². The van der Waals surface area contributed by atoms with Crippen molar-refractivity contribution in [3.05, 3.63) is 59.3 Å². The predicted octanol–water partition coefficient (Wildman–Crippen LogP) is 4.06. The highest BCUT2D eigenvalue weighted by Crippen LogP contribution is 2.32. The molecule has 0 saturated carbocycles. The van der Waals surface area contributed by atoms with Crippen molar-refractivity contribution >= 4 is 29.0 Å². The third-order valence-corrected chi connectivity index (χ3v) is 3.95. The minimum atomic E-state index is -0.201. The Kier molecular flexibility index (Phi) is 4.54. The normalized spacial score (nSPS) is 10.8. The van der Waals surface area contributed by atoms with Crippen molar-refractivity contribution in [3.63, 3.8) is 0 Å². The summed E-state index contributed by atoms with van der Waals surface area (Å²) in [5.41, 5.74) is 1.42. The number of nitrogens with one attached hydrogen (secondary N) is 1. The first-order chi connectivity index (χ1) is 11.3. The van der Waals surface area contributed by atoms with Gasteiger partial charge in [-0.1, -0.05) is 6.07 Å². The van der Waals surface area contributed by atoms with E-state index in [4.69, 9.17) is 9.15 Å². The van der Waals surface area contributed by atoms with Gasteiger partial charge < -0.3 is 14.5 Å². The molecule has 0 aliphatic carbocycles. The average Bonchev–Trinajstić information content (AvgIpc) is 3.26. The molecule has 1 N–H and O–H groups in total. The molecular formula is C17H14N2O3S. The first-order valence-electron chi connectivity index (χ1n) is 6.86. The SMILES string of the molecule is COc1cc(NC(=O)/C=C/c2cccs2)ccc1-c1cnco1. The number of amides is 1. The minimum Gasteiger partial charge on any atom is -0.496 e. The van der Waals surface area contributed by atoms with E-state index in [0.717, 1.165) is 10.4 Å². The number of benzene rings is 1. The van der Waals surface area contributed by atoms with E-state index in [1.54, 1.807) is 42.9 Å². The van der Waals surface area contributed by atoms with Crippen LogP contribution in [-0.4, -0.2) is 18.0 Å². The molecule has 0 unspecified atom stereocenters. The first-order valence-corrected chi connectivity index (χ1v) is 7.73. The second-order valence-corrected chi connectivity index (χ2v) is 5.60. The molecule has 0 saturated heterocycles.